The predicted octanol–water partition coefficient (Wildman–Crippen LogP) is 2.63. The van der Waals surface area contributed by atoms with Gasteiger partial charge in [-0.2, -0.15) is 0 Å². The summed E-state index contributed by atoms with van der Waals surface area (Å²) in [7, 11) is -2.20. The van der Waals surface area contributed by atoms with Crippen molar-refractivity contribution in [2.75, 3.05) is 13.7 Å². The highest BCUT2D eigenvalue weighted by molar-refractivity contribution is 7.89. The van der Waals surface area contributed by atoms with Crippen LogP contribution >= 0.6 is 11.6 Å². The maximum absolute atomic E-state index is 12.5. The molecule has 0 fully saturated rings. The van der Waals surface area contributed by atoms with E-state index in [0.717, 1.165) is 11.3 Å². The molecule has 23 heavy (non-hydrogen) atoms. The van der Waals surface area contributed by atoms with Crippen molar-refractivity contribution in [1.29, 1.82) is 0 Å². The van der Waals surface area contributed by atoms with Gasteiger partial charge >= 0.3 is 0 Å². The molecule has 2 aromatic rings. The molecule has 0 bridgehead atoms. The van der Waals surface area contributed by atoms with Crippen LogP contribution in [-0.2, 0) is 16.4 Å². The van der Waals surface area contributed by atoms with Gasteiger partial charge in [-0.3, -0.25) is 0 Å². The minimum absolute atomic E-state index is 0.0992. The maximum atomic E-state index is 12.5. The molecule has 0 aliphatic carbocycles. The Balaban J connectivity index is 1.78. The lowest BCUT2D eigenvalue weighted by atomic mass is 10.0. The molecule has 1 aliphatic rings. The number of benzene rings is 2. The third-order valence-corrected chi connectivity index (χ3v) is 5.45. The third kappa shape index (κ3) is 3.44. The van der Waals surface area contributed by atoms with Crippen LogP contribution in [-0.4, -0.2) is 28.2 Å². The van der Waals surface area contributed by atoms with Crippen LogP contribution in [0.15, 0.2) is 47.4 Å². The standard InChI is InChI=1S/C16H16ClNO4S/c1-21-16-7-6-13(9-14(16)17)23(19,20)18-12-8-11-4-2-3-5-15(11)22-10-12/h2-7,9,12,18H,8,10H2,1H3/t12-/m1/s1. The van der Waals surface area contributed by atoms with Gasteiger partial charge in [0.2, 0.25) is 10.0 Å². The summed E-state index contributed by atoms with van der Waals surface area (Å²) < 4.78 is 38.3. The number of methoxy groups -OCH3 is 1. The molecule has 0 aromatic heterocycles. The van der Waals surface area contributed by atoms with Gasteiger partial charge in [-0.15, -0.1) is 0 Å². The molecular weight excluding hydrogens is 338 g/mol. The lowest BCUT2D eigenvalue weighted by Gasteiger charge is -2.25. The van der Waals surface area contributed by atoms with E-state index in [4.69, 9.17) is 21.1 Å². The Labute approximate surface area is 140 Å². The molecule has 0 amide bonds. The Morgan fingerprint density at radius 1 is 1.26 bits per heavy atom. The van der Waals surface area contributed by atoms with Crippen molar-refractivity contribution in [1.82, 2.24) is 4.72 Å². The molecule has 1 N–H and O–H groups in total. The number of nitrogens with one attached hydrogen (secondary N) is 1. The lowest BCUT2D eigenvalue weighted by Crippen LogP contribution is -2.42. The highest BCUT2D eigenvalue weighted by Gasteiger charge is 2.25. The Kier molecular flexibility index (Phi) is 4.48. The zero-order valence-electron chi connectivity index (χ0n) is 12.5. The number of ether oxygens (including phenoxy) is 2. The van der Waals surface area contributed by atoms with Gasteiger partial charge in [0.25, 0.3) is 0 Å². The zero-order valence-corrected chi connectivity index (χ0v) is 14.0. The average Bonchev–Trinajstić information content (AvgIpc) is 2.54. The van der Waals surface area contributed by atoms with Crippen LogP contribution in [0, 0.1) is 0 Å². The van der Waals surface area contributed by atoms with Crippen LogP contribution in [0.3, 0.4) is 0 Å². The molecule has 0 radical (unpaired) electrons. The van der Waals surface area contributed by atoms with E-state index in [1.165, 1.54) is 25.3 Å². The Hall–Kier alpha value is -1.76. The SMILES string of the molecule is COc1ccc(S(=O)(=O)N[C@H]2COc3ccccc3C2)cc1Cl. The maximum Gasteiger partial charge on any atom is 0.241 e. The van der Waals surface area contributed by atoms with Crippen molar-refractivity contribution in [3.05, 3.63) is 53.1 Å². The molecule has 3 rings (SSSR count). The number of halogens is 1. The molecular formula is C16H16ClNO4S. The van der Waals surface area contributed by atoms with Gasteiger partial charge in [0.1, 0.15) is 18.1 Å². The molecule has 1 aliphatic heterocycles. The molecule has 0 unspecified atom stereocenters. The number of fused-ring (bicyclic) bond motifs is 1. The third-order valence-electron chi connectivity index (χ3n) is 3.63. The van der Waals surface area contributed by atoms with Crippen molar-refractivity contribution in [3.8, 4) is 11.5 Å². The molecule has 5 nitrogen and oxygen atoms in total. The summed E-state index contributed by atoms with van der Waals surface area (Å²) in [4.78, 5) is 0.0992. The van der Waals surface area contributed by atoms with E-state index in [9.17, 15) is 8.42 Å². The molecule has 7 heteroatoms. The topological polar surface area (TPSA) is 64.6 Å². The second-order valence-corrected chi connectivity index (χ2v) is 7.36. The first-order chi connectivity index (χ1) is 11.0. The fraction of sp³-hybridized carbons (Fsp3) is 0.250. The summed E-state index contributed by atoms with van der Waals surface area (Å²) in [6.45, 7) is 0.292. The summed E-state index contributed by atoms with van der Waals surface area (Å²) >= 11 is 6.00. The van der Waals surface area contributed by atoms with Gasteiger partial charge in [-0.25, -0.2) is 13.1 Å². The molecule has 1 atom stereocenters. The molecule has 0 saturated heterocycles. The predicted molar refractivity (Wildman–Crippen MR) is 87.8 cm³/mol. The highest BCUT2D eigenvalue weighted by atomic mass is 35.5. The van der Waals surface area contributed by atoms with E-state index < -0.39 is 10.0 Å². The van der Waals surface area contributed by atoms with E-state index in [1.807, 2.05) is 24.3 Å². The average molecular weight is 354 g/mol. The monoisotopic (exact) mass is 353 g/mol. The molecule has 0 saturated carbocycles. The van der Waals surface area contributed by atoms with Crippen molar-refractivity contribution in [3.63, 3.8) is 0 Å². The molecule has 122 valence electrons. The van der Waals surface area contributed by atoms with Crippen molar-refractivity contribution < 1.29 is 17.9 Å². The van der Waals surface area contributed by atoms with Crippen molar-refractivity contribution in [2.45, 2.75) is 17.4 Å². The molecule has 1 heterocycles. The van der Waals surface area contributed by atoms with Crippen LogP contribution in [0.2, 0.25) is 5.02 Å². The van der Waals surface area contributed by atoms with Crippen molar-refractivity contribution in [2.24, 2.45) is 0 Å². The first kappa shape index (κ1) is 16.1. The van der Waals surface area contributed by atoms with Gasteiger partial charge in [-0.1, -0.05) is 29.8 Å². The summed E-state index contributed by atoms with van der Waals surface area (Å²) in [6.07, 6.45) is 0.583. The second-order valence-electron chi connectivity index (χ2n) is 5.24. The van der Waals surface area contributed by atoms with Gasteiger partial charge in [0.05, 0.1) is 23.1 Å². The smallest absolute Gasteiger partial charge is 0.241 e. The molecule has 0 spiro atoms. The van der Waals surface area contributed by atoms with Crippen LogP contribution in [0.1, 0.15) is 5.56 Å². The summed E-state index contributed by atoms with van der Waals surface area (Å²) in [5, 5.41) is 0.251. The van der Waals surface area contributed by atoms with Gasteiger partial charge in [-0.05, 0) is 36.2 Å². The minimum Gasteiger partial charge on any atom is -0.495 e. The number of para-hydroxylation sites is 1. The van der Waals surface area contributed by atoms with Crippen LogP contribution in [0.5, 0.6) is 11.5 Å². The van der Waals surface area contributed by atoms with E-state index in [0.29, 0.717) is 18.8 Å². The van der Waals surface area contributed by atoms with Crippen molar-refractivity contribution >= 4 is 21.6 Å². The van der Waals surface area contributed by atoms with E-state index in [2.05, 4.69) is 4.72 Å². The van der Waals surface area contributed by atoms with Gasteiger partial charge < -0.3 is 9.47 Å². The fourth-order valence-corrected chi connectivity index (χ4v) is 4.07. The Morgan fingerprint density at radius 3 is 2.78 bits per heavy atom. The largest absolute Gasteiger partial charge is 0.495 e. The zero-order chi connectivity index (χ0) is 16.4. The lowest BCUT2D eigenvalue weighted by molar-refractivity contribution is 0.254. The first-order valence-corrected chi connectivity index (χ1v) is 8.92. The van der Waals surface area contributed by atoms with E-state index >= 15 is 0 Å². The van der Waals surface area contributed by atoms with Crippen LogP contribution in [0.4, 0.5) is 0 Å². The highest BCUT2D eigenvalue weighted by Crippen LogP contribution is 2.28. The Bertz CT molecular complexity index is 823. The van der Waals surface area contributed by atoms with Gasteiger partial charge in [0.15, 0.2) is 0 Å². The summed E-state index contributed by atoms with van der Waals surface area (Å²) in [5.74, 6) is 1.23. The van der Waals surface area contributed by atoms with Gasteiger partial charge in [0, 0.05) is 0 Å². The quantitative estimate of drug-likeness (QED) is 0.917. The van der Waals surface area contributed by atoms with E-state index in [-0.39, 0.29) is 16.0 Å². The number of rotatable bonds is 4. The molecule has 2 aromatic carbocycles. The Morgan fingerprint density at radius 2 is 2.04 bits per heavy atom. The summed E-state index contributed by atoms with van der Waals surface area (Å²) in [5.41, 5.74) is 0.985. The number of sulfonamides is 1. The normalized spacial score (nSPS) is 17.2. The van der Waals surface area contributed by atoms with E-state index in [1.54, 1.807) is 0 Å². The summed E-state index contributed by atoms with van der Waals surface area (Å²) in [6, 6.07) is 11.7. The van der Waals surface area contributed by atoms with Crippen LogP contribution in [0.25, 0.3) is 0 Å². The second kappa shape index (κ2) is 6.39. The number of hydrogen-bond acceptors (Lipinski definition) is 4. The minimum atomic E-state index is -3.68. The first-order valence-electron chi connectivity index (χ1n) is 7.06. The number of hydrogen-bond donors (Lipinski definition) is 1. The fourth-order valence-electron chi connectivity index (χ4n) is 2.51. The van der Waals surface area contributed by atoms with Crippen LogP contribution < -0.4 is 14.2 Å².